The fraction of sp³-hybridized carbons (Fsp3) is 0.407. The molecular formula is C27H31FO6. The van der Waals surface area contributed by atoms with E-state index < -0.39 is 23.7 Å². The summed E-state index contributed by atoms with van der Waals surface area (Å²) in [7, 11) is 0. The van der Waals surface area contributed by atoms with Crippen molar-refractivity contribution in [1.29, 1.82) is 0 Å². The third-order valence-electron chi connectivity index (χ3n) is 5.86. The molecular weight excluding hydrogens is 439 g/mol. The summed E-state index contributed by atoms with van der Waals surface area (Å²) >= 11 is 0. The van der Waals surface area contributed by atoms with Crippen molar-refractivity contribution in [3.63, 3.8) is 0 Å². The average molecular weight is 471 g/mol. The normalized spacial score (nSPS) is 13.5. The van der Waals surface area contributed by atoms with Crippen molar-refractivity contribution in [3.05, 3.63) is 52.3 Å². The molecule has 0 radical (unpaired) electrons. The van der Waals surface area contributed by atoms with E-state index in [0.29, 0.717) is 17.1 Å². The molecule has 2 aliphatic heterocycles. The van der Waals surface area contributed by atoms with Crippen molar-refractivity contribution in [1.82, 2.24) is 0 Å². The lowest BCUT2D eigenvalue weighted by atomic mass is 9.83. The van der Waals surface area contributed by atoms with Crippen molar-refractivity contribution in [2.75, 3.05) is 13.4 Å². The second kappa shape index (κ2) is 10.8. The van der Waals surface area contributed by atoms with E-state index in [0.717, 1.165) is 27.8 Å². The average Bonchev–Trinajstić information content (AvgIpc) is 2.84. The molecule has 0 aromatic heterocycles. The first kappa shape index (κ1) is 25.4. The Balaban J connectivity index is 2.08. The number of esters is 1. The van der Waals surface area contributed by atoms with E-state index in [-0.39, 0.29) is 32.2 Å². The van der Waals surface area contributed by atoms with Gasteiger partial charge in [0.15, 0.2) is 0 Å². The largest absolute Gasteiger partial charge is 0.466 e. The van der Waals surface area contributed by atoms with E-state index in [4.69, 9.17) is 14.2 Å². The number of carbonyl (C=O) groups excluding carboxylic acids is 2. The Morgan fingerprint density at radius 2 is 1.94 bits per heavy atom. The molecule has 2 aliphatic rings. The first-order valence-corrected chi connectivity index (χ1v) is 11.4. The molecule has 0 amide bonds. The van der Waals surface area contributed by atoms with Crippen LogP contribution in [0.5, 0.6) is 11.5 Å². The number of hydrogen-bond acceptors (Lipinski definition) is 6. The van der Waals surface area contributed by atoms with Gasteiger partial charge in [-0.25, -0.2) is 4.39 Å². The highest BCUT2D eigenvalue weighted by Gasteiger charge is 2.26. The molecule has 1 N–H and O–H groups in total. The number of hydrogen-bond donors (Lipinski definition) is 1. The fourth-order valence-electron chi connectivity index (χ4n) is 4.23. The molecule has 0 fully saturated rings. The van der Waals surface area contributed by atoms with Gasteiger partial charge >= 0.3 is 5.97 Å². The van der Waals surface area contributed by atoms with Crippen molar-refractivity contribution < 1.29 is 33.3 Å². The number of benzene rings is 2. The molecule has 0 spiro atoms. The number of fused-ring (bicyclic) bond motifs is 4. The molecule has 34 heavy (non-hydrogen) atoms. The zero-order valence-corrected chi connectivity index (χ0v) is 20.2. The van der Waals surface area contributed by atoms with Crippen LogP contribution >= 0.6 is 0 Å². The summed E-state index contributed by atoms with van der Waals surface area (Å²) in [5, 5.41) is 10.5. The summed E-state index contributed by atoms with van der Waals surface area (Å²) in [6.07, 6.45) is 1.63. The van der Waals surface area contributed by atoms with Gasteiger partial charge in [-0.15, -0.1) is 0 Å². The van der Waals surface area contributed by atoms with Gasteiger partial charge in [-0.3, -0.25) is 9.59 Å². The lowest BCUT2D eigenvalue weighted by molar-refractivity contribution is -0.145. The minimum Gasteiger partial charge on any atom is -0.466 e. The van der Waals surface area contributed by atoms with Crippen molar-refractivity contribution >= 4 is 17.8 Å². The van der Waals surface area contributed by atoms with Crippen LogP contribution in [-0.2, 0) is 14.3 Å². The summed E-state index contributed by atoms with van der Waals surface area (Å²) < 4.78 is 30.6. The van der Waals surface area contributed by atoms with Crippen LogP contribution in [0.25, 0.3) is 17.2 Å². The zero-order chi connectivity index (χ0) is 25.0. The van der Waals surface area contributed by atoms with Crippen molar-refractivity contribution in [2.24, 2.45) is 0 Å². The molecule has 2 aromatic carbocycles. The zero-order valence-electron chi connectivity index (χ0n) is 20.2. The van der Waals surface area contributed by atoms with Crippen LogP contribution in [0.4, 0.5) is 4.39 Å². The minimum absolute atomic E-state index is 0.0669. The predicted molar refractivity (Wildman–Crippen MR) is 127 cm³/mol. The summed E-state index contributed by atoms with van der Waals surface area (Å²) in [5.41, 5.74) is 5.22. The van der Waals surface area contributed by atoms with E-state index in [1.165, 1.54) is 18.2 Å². The van der Waals surface area contributed by atoms with Gasteiger partial charge in [-0.05, 0) is 61.1 Å². The Hall–Kier alpha value is -3.19. The number of ether oxygens (including phenoxy) is 3. The molecule has 0 saturated carbocycles. The summed E-state index contributed by atoms with van der Waals surface area (Å²) in [4.78, 5) is 23.7. The van der Waals surface area contributed by atoms with Gasteiger partial charge in [0.1, 0.15) is 29.5 Å². The molecule has 2 heterocycles. The number of ketones is 1. The Kier molecular flexibility index (Phi) is 8.10. The topological polar surface area (TPSA) is 82.1 Å². The van der Waals surface area contributed by atoms with Crippen LogP contribution in [0.2, 0.25) is 0 Å². The first-order valence-electron chi connectivity index (χ1n) is 11.4. The molecule has 182 valence electrons. The molecule has 0 aliphatic carbocycles. The van der Waals surface area contributed by atoms with Gasteiger partial charge in [0, 0.05) is 23.6 Å². The van der Waals surface area contributed by atoms with E-state index in [1.54, 1.807) is 19.1 Å². The Morgan fingerprint density at radius 1 is 1.21 bits per heavy atom. The fourth-order valence-corrected chi connectivity index (χ4v) is 4.23. The van der Waals surface area contributed by atoms with Crippen LogP contribution in [0.1, 0.15) is 61.8 Å². The number of halogens is 1. The number of rotatable bonds is 8. The molecule has 1 unspecified atom stereocenters. The highest BCUT2D eigenvalue weighted by atomic mass is 19.1. The van der Waals surface area contributed by atoms with Gasteiger partial charge in [0.25, 0.3) is 0 Å². The smallest absolute Gasteiger partial charge is 0.313 e. The third kappa shape index (κ3) is 5.47. The lowest BCUT2D eigenvalue weighted by Crippen LogP contribution is -2.16. The van der Waals surface area contributed by atoms with E-state index >= 15 is 0 Å². The number of Topliss-reactive ketones (excluding diaryl/α,β-unsaturated/α-hetero) is 1. The standard InChI is InChI=1S/C27H31FO6/c1-6-32-24(31)13-20(30)12-19(29)8-10-22-25(15(2)3)27-17(5)16(4)26(22)21-9-7-18(28)11-23(21)33-14-34-27/h7-11,15,19,29H,6,12-14H2,1-5H3/b10-8+. The van der Waals surface area contributed by atoms with Gasteiger partial charge in [0.05, 0.1) is 12.7 Å². The monoisotopic (exact) mass is 470 g/mol. The summed E-state index contributed by atoms with van der Waals surface area (Å²) in [5.74, 6) is -0.305. The van der Waals surface area contributed by atoms with Gasteiger partial charge in [-0.1, -0.05) is 26.0 Å². The maximum Gasteiger partial charge on any atom is 0.313 e. The quantitative estimate of drug-likeness (QED) is 0.419. The molecule has 2 bridgehead atoms. The highest BCUT2D eigenvalue weighted by molar-refractivity contribution is 5.96. The molecule has 1 atom stereocenters. The second-order valence-electron chi connectivity index (χ2n) is 8.63. The van der Waals surface area contributed by atoms with Crippen molar-refractivity contribution in [2.45, 2.75) is 59.5 Å². The maximum atomic E-state index is 14.0. The highest BCUT2D eigenvalue weighted by Crippen LogP contribution is 2.46. The molecule has 2 aromatic rings. The van der Waals surface area contributed by atoms with Crippen LogP contribution in [0.15, 0.2) is 24.3 Å². The number of carbonyl (C=O) groups is 2. The summed E-state index contributed by atoms with van der Waals surface area (Å²) in [6, 6.07) is 4.39. The third-order valence-corrected chi connectivity index (χ3v) is 5.86. The van der Waals surface area contributed by atoms with E-state index in [9.17, 15) is 19.1 Å². The molecule has 0 saturated heterocycles. The van der Waals surface area contributed by atoms with Crippen LogP contribution in [0, 0.1) is 19.7 Å². The Labute approximate surface area is 199 Å². The Morgan fingerprint density at radius 3 is 2.62 bits per heavy atom. The summed E-state index contributed by atoms with van der Waals surface area (Å²) in [6.45, 7) is 9.83. The SMILES string of the molecule is CCOC(=O)CC(=O)CC(O)/C=C/c1c2c(C)c(C)c(c1C(C)C)OCOc1cc(F)ccc1-2. The van der Waals surface area contributed by atoms with E-state index in [1.807, 2.05) is 27.7 Å². The minimum atomic E-state index is -1.09. The van der Waals surface area contributed by atoms with Gasteiger partial charge in [0.2, 0.25) is 6.79 Å². The lowest BCUT2D eigenvalue weighted by Gasteiger charge is -2.23. The van der Waals surface area contributed by atoms with Gasteiger partial charge in [-0.2, -0.15) is 0 Å². The van der Waals surface area contributed by atoms with Gasteiger partial charge < -0.3 is 19.3 Å². The number of aliphatic hydroxyl groups is 1. The maximum absolute atomic E-state index is 14.0. The number of aliphatic hydroxyl groups excluding tert-OH is 1. The molecule has 7 heteroatoms. The Bertz CT molecular complexity index is 1120. The molecule has 6 nitrogen and oxygen atoms in total. The van der Waals surface area contributed by atoms with Crippen LogP contribution < -0.4 is 9.47 Å². The predicted octanol–water partition coefficient (Wildman–Crippen LogP) is 5.25. The van der Waals surface area contributed by atoms with E-state index in [2.05, 4.69) is 0 Å². The van der Waals surface area contributed by atoms with Crippen molar-refractivity contribution in [3.8, 4) is 22.6 Å². The molecule has 4 rings (SSSR count). The first-order chi connectivity index (χ1) is 16.1. The second-order valence-corrected chi connectivity index (χ2v) is 8.63. The van der Waals surface area contributed by atoms with Crippen LogP contribution in [0.3, 0.4) is 0 Å². The van der Waals surface area contributed by atoms with Crippen LogP contribution in [-0.4, -0.2) is 36.4 Å².